The maximum Gasteiger partial charge on any atom is 0.408 e. The Balaban J connectivity index is 3.56. The molecule has 9 heteroatoms. The van der Waals surface area contributed by atoms with Crippen LogP contribution in [0, 0.1) is 19.8 Å². The van der Waals surface area contributed by atoms with Gasteiger partial charge in [0.25, 0.3) is 0 Å². The van der Waals surface area contributed by atoms with Gasteiger partial charge in [-0.2, -0.15) is 0 Å². The van der Waals surface area contributed by atoms with Crippen LogP contribution in [0.2, 0.25) is 0 Å². The molecule has 9 nitrogen and oxygen atoms in total. The molecule has 0 spiro atoms. The average Bonchev–Trinajstić information content (AvgIpc) is 2.82. The summed E-state index contributed by atoms with van der Waals surface area (Å²) >= 11 is 0. The van der Waals surface area contributed by atoms with Gasteiger partial charge in [-0.1, -0.05) is 63.8 Å². The lowest BCUT2D eigenvalue weighted by Gasteiger charge is -2.35. The lowest BCUT2D eigenvalue weighted by atomic mass is 9.95. The molecule has 0 heterocycles. The zero-order valence-electron chi connectivity index (χ0n) is 25.3. The van der Waals surface area contributed by atoms with Crippen LogP contribution in [-0.2, 0) is 23.9 Å². The van der Waals surface area contributed by atoms with E-state index in [4.69, 9.17) is 9.47 Å². The van der Waals surface area contributed by atoms with E-state index in [1.54, 1.807) is 25.7 Å². The van der Waals surface area contributed by atoms with Crippen LogP contribution in [0.15, 0.2) is 18.2 Å². The lowest BCUT2D eigenvalue weighted by Crippen LogP contribution is -2.54. The number of carbonyl (C=O) groups is 4. The Morgan fingerprint density at radius 1 is 1.03 bits per heavy atom. The Morgan fingerprint density at radius 3 is 2.23 bits per heavy atom. The van der Waals surface area contributed by atoms with Crippen molar-refractivity contribution in [1.82, 2.24) is 15.5 Å². The molecule has 39 heavy (non-hydrogen) atoms. The van der Waals surface area contributed by atoms with E-state index in [0.717, 1.165) is 30.4 Å². The summed E-state index contributed by atoms with van der Waals surface area (Å²) in [6.45, 7) is 15.2. The number of nitrogens with zero attached hydrogens (tertiary/aromatic N) is 1. The van der Waals surface area contributed by atoms with Crippen molar-refractivity contribution < 1.29 is 28.7 Å². The fourth-order valence-corrected chi connectivity index (χ4v) is 4.33. The van der Waals surface area contributed by atoms with E-state index in [1.807, 2.05) is 45.9 Å². The zero-order chi connectivity index (χ0) is 29.8. The second-order valence-corrected chi connectivity index (χ2v) is 11.5. The highest BCUT2D eigenvalue weighted by Crippen LogP contribution is 2.28. The molecule has 220 valence electrons. The third kappa shape index (κ3) is 12.1. The van der Waals surface area contributed by atoms with E-state index in [-0.39, 0.29) is 18.4 Å². The van der Waals surface area contributed by atoms with Crippen LogP contribution in [0.25, 0.3) is 0 Å². The van der Waals surface area contributed by atoms with Crippen molar-refractivity contribution in [3.63, 3.8) is 0 Å². The van der Waals surface area contributed by atoms with Gasteiger partial charge in [-0.3, -0.25) is 14.4 Å². The number of ether oxygens (including phenoxy) is 2. The van der Waals surface area contributed by atoms with Crippen molar-refractivity contribution >= 4 is 23.9 Å². The molecule has 1 rings (SSSR count). The third-order valence-electron chi connectivity index (χ3n) is 6.15. The van der Waals surface area contributed by atoms with Crippen LogP contribution in [-0.4, -0.2) is 60.6 Å². The first-order valence-electron chi connectivity index (χ1n) is 13.9. The molecule has 0 aliphatic carbocycles. The number of esters is 1. The van der Waals surface area contributed by atoms with Crippen LogP contribution in [0.4, 0.5) is 4.79 Å². The molecule has 3 amide bonds. The zero-order valence-corrected chi connectivity index (χ0v) is 25.3. The first-order valence-corrected chi connectivity index (χ1v) is 13.9. The number of methoxy groups -OCH3 is 1. The van der Waals surface area contributed by atoms with Gasteiger partial charge in [0.05, 0.1) is 7.11 Å². The molecule has 0 bridgehead atoms. The van der Waals surface area contributed by atoms with E-state index in [0.29, 0.717) is 24.9 Å². The largest absolute Gasteiger partial charge is 0.468 e. The number of unbranched alkanes of at least 4 members (excludes halogenated alkanes) is 3. The normalized spacial score (nSPS) is 12.9. The molecular weight excluding hydrogens is 498 g/mol. The number of rotatable bonds is 14. The number of amides is 3. The predicted octanol–water partition coefficient (Wildman–Crippen LogP) is 4.98. The van der Waals surface area contributed by atoms with Crippen LogP contribution in [0.1, 0.15) is 96.4 Å². The highest BCUT2D eigenvalue weighted by molar-refractivity contribution is 5.93. The van der Waals surface area contributed by atoms with Crippen molar-refractivity contribution in [2.75, 3.05) is 20.2 Å². The number of hydrogen-bond donors (Lipinski definition) is 2. The van der Waals surface area contributed by atoms with Crippen molar-refractivity contribution in [2.24, 2.45) is 5.92 Å². The molecule has 0 saturated carbocycles. The maximum absolute atomic E-state index is 14.2. The number of hydrogen-bond acceptors (Lipinski definition) is 6. The molecule has 1 aromatic carbocycles. The fraction of sp³-hybridized carbons (Fsp3) is 0.667. The Bertz CT molecular complexity index is 970. The SMILES string of the molecule is CCCCCCN(C(=O)C(CC(C)C)NC(=O)OC(C)(C)C)C(C(=O)NCC(=O)OC)c1ccc(C)cc1C. The molecule has 0 radical (unpaired) electrons. The van der Waals surface area contributed by atoms with Gasteiger partial charge in [-0.05, 0) is 64.5 Å². The predicted molar refractivity (Wildman–Crippen MR) is 152 cm³/mol. The van der Waals surface area contributed by atoms with Crippen molar-refractivity contribution in [2.45, 2.75) is 105 Å². The lowest BCUT2D eigenvalue weighted by molar-refractivity contribution is -0.145. The van der Waals surface area contributed by atoms with E-state index in [1.165, 1.54) is 7.11 Å². The van der Waals surface area contributed by atoms with Gasteiger partial charge in [-0.25, -0.2) is 4.79 Å². The average molecular weight is 548 g/mol. The van der Waals surface area contributed by atoms with Gasteiger partial charge < -0.3 is 25.0 Å². The summed E-state index contributed by atoms with van der Waals surface area (Å²) < 4.78 is 10.1. The molecule has 0 saturated heterocycles. The molecular formula is C30H49N3O6. The molecule has 2 atom stereocenters. The molecule has 0 aromatic heterocycles. The number of aryl methyl sites for hydroxylation is 2. The Morgan fingerprint density at radius 2 is 1.69 bits per heavy atom. The Hall–Kier alpha value is -3.10. The molecule has 0 aliphatic heterocycles. The van der Waals surface area contributed by atoms with Gasteiger partial charge in [-0.15, -0.1) is 0 Å². The summed E-state index contributed by atoms with van der Waals surface area (Å²) in [7, 11) is 1.25. The van der Waals surface area contributed by atoms with Crippen molar-refractivity contribution in [3.05, 3.63) is 34.9 Å². The van der Waals surface area contributed by atoms with Crippen molar-refractivity contribution in [1.29, 1.82) is 0 Å². The molecule has 0 aliphatic rings. The minimum atomic E-state index is -1.00. The second kappa shape index (κ2) is 16.1. The topological polar surface area (TPSA) is 114 Å². The van der Waals surface area contributed by atoms with Gasteiger partial charge in [0.2, 0.25) is 11.8 Å². The number of nitrogens with one attached hydrogen (secondary N) is 2. The molecule has 2 N–H and O–H groups in total. The highest BCUT2D eigenvalue weighted by atomic mass is 16.6. The smallest absolute Gasteiger partial charge is 0.408 e. The van der Waals surface area contributed by atoms with Gasteiger partial charge >= 0.3 is 12.1 Å². The van der Waals surface area contributed by atoms with E-state index >= 15 is 0 Å². The number of carbonyl (C=O) groups excluding carboxylic acids is 4. The monoisotopic (exact) mass is 547 g/mol. The minimum Gasteiger partial charge on any atom is -0.468 e. The summed E-state index contributed by atoms with van der Waals surface area (Å²) in [5.41, 5.74) is 1.80. The van der Waals surface area contributed by atoms with Crippen LogP contribution >= 0.6 is 0 Å². The minimum absolute atomic E-state index is 0.0866. The maximum atomic E-state index is 14.2. The summed E-state index contributed by atoms with van der Waals surface area (Å²) in [5.74, 6) is -1.36. The van der Waals surface area contributed by atoms with E-state index in [2.05, 4.69) is 17.6 Å². The van der Waals surface area contributed by atoms with Crippen LogP contribution in [0.5, 0.6) is 0 Å². The summed E-state index contributed by atoms with van der Waals surface area (Å²) in [4.78, 5) is 54.0. The van der Waals surface area contributed by atoms with Crippen LogP contribution in [0.3, 0.4) is 0 Å². The summed E-state index contributed by atoms with van der Waals surface area (Å²) in [5, 5.41) is 5.40. The Labute approximate surface area is 234 Å². The first kappa shape index (κ1) is 33.9. The molecule has 1 aromatic rings. The van der Waals surface area contributed by atoms with E-state index in [9.17, 15) is 19.2 Å². The van der Waals surface area contributed by atoms with Crippen molar-refractivity contribution in [3.8, 4) is 0 Å². The first-order chi connectivity index (χ1) is 18.2. The molecule has 2 unspecified atom stereocenters. The van der Waals surface area contributed by atoms with Gasteiger partial charge in [0, 0.05) is 6.54 Å². The third-order valence-corrected chi connectivity index (χ3v) is 6.15. The second-order valence-electron chi connectivity index (χ2n) is 11.5. The quantitative estimate of drug-likeness (QED) is 0.251. The Kier molecular flexibility index (Phi) is 14.0. The number of alkyl carbamates (subject to hydrolysis) is 1. The molecule has 0 fully saturated rings. The standard InChI is InChI=1S/C30H49N3O6/c1-10-11-12-13-16-33(28(36)24(17-20(2)3)32-29(37)39-30(6,7)8)26(27(35)31-19-25(34)38-9)23-15-14-21(4)18-22(23)5/h14-15,18,20,24,26H,10-13,16-17,19H2,1-9H3,(H,31,35)(H,32,37). The van der Waals surface area contributed by atoms with Crippen LogP contribution < -0.4 is 10.6 Å². The summed E-state index contributed by atoms with van der Waals surface area (Å²) in [6, 6.07) is 3.80. The number of benzene rings is 1. The summed E-state index contributed by atoms with van der Waals surface area (Å²) in [6.07, 6.45) is 3.27. The van der Waals surface area contributed by atoms with Gasteiger partial charge in [0.1, 0.15) is 24.2 Å². The van der Waals surface area contributed by atoms with E-state index < -0.39 is 35.7 Å². The van der Waals surface area contributed by atoms with Gasteiger partial charge in [0.15, 0.2) is 0 Å². The fourth-order valence-electron chi connectivity index (χ4n) is 4.33. The highest BCUT2D eigenvalue weighted by Gasteiger charge is 2.37.